The number of benzene rings is 2. The van der Waals surface area contributed by atoms with Gasteiger partial charge >= 0.3 is 0 Å². The maximum atomic E-state index is 13.1. The van der Waals surface area contributed by atoms with Gasteiger partial charge in [-0.2, -0.15) is 5.26 Å². The number of nitrogens with zero attached hydrogens (tertiary/aromatic N) is 2. The lowest BCUT2D eigenvalue weighted by Crippen LogP contribution is -2.25. The number of aromatic nitrogens is 1. The number of nitrogens with one attached hydrogen (secondary N) is 1. The lowest BCUT2D eigenvalue weighted by molar-refractivity contribution is -0.115. The predicted molar refractivity (Wildman–Crippen MR) is 132 cm³/mol. The van der Waals surface area contributed by atoms with Crippen molar-refractivity contribution in [1.29, 1.82) is 5.26 Å². The number of methoxy groups -OCH3 is 2. The molecule has 1 aromatic heterocycles. The fourth-order valence-electron chi connectivity index (χ4n) is 3.14. The molecule has 0 fully saturated rings. The summed E-state index contributed by atoms with van der Waals surface area (Å²) in [5.74, 6) is 1.02. The minimum Gasteiger partial charge on any atom is -0.497 e. The quantitative estimate of drug-likeness (QED) is 0.391. The van der Waals surface area contributed by atoms with Crippen LogP contribution >= 0.6 is 23.4 Å². The van der Waals surface area contributed by atoms with Gasteiger partial charge in [-0.25, -0.2) is 4.98 Å². The van der Waals surface area contributed by atoms with Crippen LogP contribution < -0.4 is 14.8 Å². The van der Waals surface area contributed by atoms with Crippen molar-refractivity contribution in [3.63, 3.8) is 0 Å². The number of hydrogen-bond acceptors (Lipinski definition) is 6. The summed E-state index contributed by atoms with van der Waals surface area (Å²) in [6.07, 6.45) is 0.546. The summed E-state index contributed by atoms with van der Waals surface area (Å²) in [5.41, 5.74) is 3.40. The van der Waals surface area contributed by atoms with Gasteiger partial charge in [0, 0.05) is 16.7 Å². The van der Waals surface area contributed by atoms with Crippen molar-refractivity contribution in [1.82, 2.24) is 4.98 Å². The van der Waals surface area contributed by atoms with Crippen LogP contribution in [-0.2, 0) is 4.79 Å². The molecule has 2 aromatic carbocycles. The molecular weight excluding hydrogens is 458 g/mol. The molecule has 0 aliphatic carbocycles. The Bertz CT molecular complexity index is 1190. The summed E-state index contributed by atoms with van der Waals surface area (Å²) in [6, 6.07) is 16.7. The minimum absolute atomic E-state index is 0.205. The standard InChI is InChI=1S/C25H24ClN3O3S/c1-5-23(24(30)28-21-12-15(2)19(26)13-22(21)32-4)33-25-17(14-27)8-11-20(29-25)16-6-9-18(31-3)10-7-16/h6-13,23H,5H2,1-4H3,(H,28,30). The Morgan fingerprint density at radius 1 is 1.18 bits per heavy atom. The van der Waals surface area contributed by atoms with E-state index < -0.39 is 5.25 Å². The number of halogens is 1. The highest BCUT2D eigenvalue weighted by molar-refractivity contribution is 8.00. The highest BCUT2D eigenvalue weighted by atomic mass is 35.5. The van der Waals surface area contributed by atoms with Gasteiger partial charge in [0.15, 0.2) is 0 Å². The van der Waals surface area contributed by atoms with Gasteiger partial charge in [-0.1, -0.05) is 30.3 Å². The fraction of sp³-hybridized carbons (Fsp3) is 0.240. The van der Waals surface area contributed by atoms with Gasteiger partial charge in [-0.15, -0.1) is 0 Å². The van der Waals surface area contributed by atoms with Gasteiger partial charge in [0.2, 0.25) is 5.91 Å². The van der Waals surface area contributed by atoms with Crippen LogP contribution in [0.5, 0.6) is 11.5 Å². The van der Waals surface area contributed by atoms with Gasteiger partial charge in [0.1, 0.15) is 22.6 Å². The predicted octanol–water partition coefficient (Wildman–Crippen LogP) is 6.11. The van der Waals surface area contributed by atoms with E-state index in [9.17, 15) is 10.1 Å². The average Bonchev–Trinajstić information content (AvgIpc) is 2.84. The SMILES string of the molecule is CCC(Sc1nc(-c2ccc(OC)cc2)ccc1C#N)C(=O)Nc1cc(C)c(Cl)cc1OC. The Balaban J connectivity index is 1.86. The van der Waals surface area contributed by atoms with E-state index in [0.29, 0.717) is 39.2 Å². The molecule has 3 rings (SSSR count). The lowest BCUT2D eigenvalue weighted by Gasteiger charge is -2.17. The molecule has 1 atom stereocenters. The van der Waals surface area contributed by atoms with E-state index in [4.69, 9.17) is 21.1 Å². The monoisotopic (exact) mass is 481 g/mol. The van der Waals surface area contributed by atoms with Gasteiger partial charge in [0.25, 0.3) is 0 Å². The molecule has 170 valence electrons. The topological polar surface area (TPSA) is 84.2 Å². The maximum absolute atomic E-state index is 13.1. The summed E-state index contributed by atoms with van der Waals surface area (Å²) in [5, 5.41) is 13.1. The van der Waals surface area contributed by atoms with Crippen LogP contribution in [0.1, 0.15) is 24.5 Å². The van der Waals surface area contributed by atoms with Crippen LogP contribution in [0.15, 0.2) is 53.6 Å². The first-order chi connectivity index (χ1) is 15.9. The first-order valence-electron chi connectivity index (χ1n) is 10.3. The molecule has 0 aliphatic heterocycles. The van der Waals surface area contributed by atoms with Crippen LogP contribution in [0.4, 0.5) is 5.69 Å². The molecule has 0 aliphatic rings. The number of rotatable bonds is 8. The van der Waals surface area contributed by atoms with Gasteiger partial charge < -0.3 is 14.8 Å². The third kappa shape index (κ3) is 5.78. The number of hydrogen-bond donors (Lipinski definition) is 1. The number of thioether (sulfide) groups is 1. The van der Waals surface area contributed by atoms with Crippen molar-refractivity contribution < 1.29 is 14.3 Å². The smallest absolute Gasteiger partial charge is 0.238 e. The third-order valence-corrected chi connectivity index (χ3v) is 6.80. The van der Waals surface area contributed by atoms with Crippen molar-refractivity contribution in [3.05, 3.63) is 64.7 Å². The molecule has 0 spiro atoms. The average molecular weight is 482 g/mol. The van der Waals surface area contributed by atoms with E-state index in [2.05, 4.69) is 16.4 Å². The van der Waals surface area contributed by atoms with Crippen molar-refractivity contribution in [2.24, 2.45) is 0 Å². The molecule has 0 saturated carbocycles. The van der Waals surface area contributed by atoms with Crippen molar-refractivity contribution in [2.75, 3.05) is 19.5 Å². The molecule has 6 nitrogen and oxygen atoms in total. The highest BCUT2D eigenvalue weighted by Crippen LogP contribution is 2.34. The van der Waals surface area contributed by atoms with Gasteiger partial charge in [-0.05, 0) is 61.4 Å². The summed E-state index contributed by atoms with van der Waals surface area (Å²) in [4.78, 5) is 17.8. The van der Waals surface area contributed by atoms with E-state index in [1.165, 1.54) is 18.9 Å². The molecule has 1 amide bonds. The summed E-state index contributed by atoms with van der Waals surface area (Å²) < 4.78 is 10.6. The summed E-state index contributed by atoms with van der Waals surface area (Å²) >= 11 is 7.44. The molecule has 8 heteroatoms. The molecule has 0 bridgehead atoms. The Kier molecular flexibility index (Phi) is 8.21. The zero-order valence-corrected chi connectivity index (χ0v) is 20.4. The zero-order valence-electron chi connectivity index (χ0n) is 18.8. The van der Waals surface area contributed by atoms with Crippen LogP contribution in [0.25, 0.3) is 11.3 Å². The first-order valence-corrected chi connectivity index (χ1v) is 11.5. The van der Waals surface area contributed by atoms with E-state index in [1.54, 1.807) is 31.4 Å². The van der Waals surface area contributed by atoms with E-state index in [-0.39, 0.29) is 5.91 Å². The Labute approximate surface area is 202 Å². The van der Waals surface area contributed by atoms with Gasteiger partial charge in [-0.3, -0.25) is 4.79 Å². The molecule has 3 aromatic rings. The van der Waals surface area contributed by atoms with Crippen molar-refractivity contribution in [3.8, 4) is 28.8 Å². The number of pyridine rings is 1. The van der Waals surface area contributed by atoms with Crippen molar-refractivity contribution >= 4 is 35.0 Å². The van der Waals surface area contributed by atoms with Crippen LogP contribution in [0, 0.1) is 18.3 Å². The zero-order chi connectivity index (χ0) is 24.0. The second kappa shape index (κ2) is 11.1. The molecule has 1 N–H and O–H groups in total. The second-order valence-corrected chi connectivity index (χ2v) is 8.79. The van der Waals surface area contributed by atoms with Crippen molar-refractivity contribution in [2.45, 2.75) is 30.5 Å². The van der Waals surface area contributed by atoms with Crippen LogP contribution in [0.3, 0.4) is 0 Å². The number of nitriles is 1. The number of amides is 1. The number of aryl methyl sites for hydroxylation is 1. The Hall–Kier alpha value is -3.21. The molecular formula is C25H24ClN3O3S. The fourth-order valence-corrected chi connectivity index (χ4v) is 4.29. The molecule has 1 heterocycles. The van der Waals surface area contributed by atoms with E-state index in [1.807, 2.05) is 38.1 Å². The molecule has 1 unspecified atom stereocenters. The maximum Gasteiger partial charge on any atom is 0.238 e. The lowest BCUT2D eigenvalue weighted by atomic mass is 10.1. The summed E-state index contributed by atoms with van der Waals surface area (Å²) in [6.45, 7) is 3.78. The number of ether oxygens (including phenoxy) is 2. The first kappa shape index (κ1) is 24.4. The molecule has 0 saturated heterocycles. The molecule has 33 heavy (non-hydrogen) atoms. The number of carbonyl (C=O) groups excluding carboxylic acids is 1. The van der Waals surface area contributed by atoms with E-state index in [0.717, 1.165) is 16.9 Å². The van der Waals surface area contributed by atoms with Crippen LogP contribution in [0.2, 0.25) is 5.02 Å². The van der Waals surface area contributed by atoms with Gasteiger partial charge in [0.05, 0.1) is 36.4 Å². The number of anilines is 1. The van der Waals surface area contributed by atoms with E-state index >= 15 is 0 Å². The Morgan fingerprint density at radius 2 is 1.91 bits per heavy atom. The summed E-state index contributed by atoms with van der Waals surface area (Å²) in [7, 11) is 3.14. The van der Waals surface area contributed by atoms with Crippen LogP contribution in [-0.4, -0.2) is 30.4 Å². The normalized spacial score (nSPS) is 11.4. The Morgan fingerprint density at radius 3 is 2.52 bits per heavy atom. The highest BCUT2D eigenvalue weighted by Gasteiger charge is 2.22. The number of carbonyl (C=O) groups is 1. The minimum atomic E-state index is -0.462. The largest absolute Gasteiger partial charge is 0.497 e. The third-order valence-electron chi connectivity index (χ3n) is 5.02. The second-order valence-electron chi connectivity index (χ2n) is 7.20. The molecule has 0 radical (unpaired) electrons.